The van der Waals surface area contributed by atoms with Crippen molar-refractivity contribution in [3.63, 3.8) is 0 Å². The second-order valence-electron chi connectivity index (χ2n) is 1.74. The van der Waals surface area contributed by atoms with E-state index < -0.39 is 0 Å². The van der Waals surface area contributed by atoms with Gasteiger partial charge < -0.3 is 9.94 Å². The molecule has 0 aromatic rings. The molecule has 0 rings (SSSR count). The zero-order valence-corrected chi connectivity index (χ0v) is 5.92. The average Bonchev–Trinajstić information content (AvgIpc) is 1.89. The minimum absolute atomic E-state index is 0.0283. The predicted molar refractivity (Wildman–Crippen MR) is 36.4 cm³/mol. The monoisotopic (exact) mass is 131 g/mol. The van der Waals surface area contributed by atoms with Crippen LogP contribution in [0.1, 0.15) is 20.3 Å². The van der Waals surface area contributed by atoms with Gasteiger partial charge in [0.15, 0.2) is 0 Å². The van der Waals surface area contributed by atoms with Crippen molar-refractivity contribution in [2.75, 3.05) is 13.2 Å². The first-order chi connectivity index (χ1) is 4.31. The molecule has 0 unspecified atom stereocenters. The molecule has 0 aliphatic heterocycles. The van der Waals surface area contributed by atoms with Crippen LogP contribution < -0.4 is 0 Å². The topological polar surface area (TPSA) is 41.8 Å². The van der Waals surface area contributed by atoms with Crippen LogP contribution in [0.5, 0.6) is 0 Å². The van der Waals surface area contributed by atoms with E-state index in [9.17, 15) is 0 Å². The quantitative estimate of drug-likeness (QED) is 0.348. The minimum atomic E-state index is 0.0283. The molecule has 0 fully saturated rings. The Kier molecular flexibility index (Phi) is 5.21. The Labute approximate surface area is 55.3 Å². The standard InChI is InChI=1S/C6H13NO2/c1-3-6(2)7-9-5-4-8/h8H,3-5H2,1-2H3. The SMILES string of the molecule is CCC(C)=NOCCO. The summed E-state index contributed by atoms with van der Waals surface area (Å²) in [4.78, 5) is 4.67. The lowest BCUT2D eigenvalue weighted by Gasteiger charge is -1.95. The molecule has 0 aliphatic carbocycles. The summed E-state index contributed by atoms with van der Waals surface area (Å²) in [5.41, 5.74) is 0.948. The minimum Gasteiger partial charge on any atom is -0.393 e. The normalized spacial score (nSPS) is 11.7. The molecule has 0 aromatic carbocycles. The Morgan fingerprint density at radius 1 is 1.67 bits per heavy atom. The molecule has 0 radical (unpaired) electrons. The van der Waals surface area contributed by atoms with Crippen molar-refractivity contribution in [3.8, 4) is 0 Å². The summed E-state index contributed by atoms with van der Waals surface area (Å²) >= 11 is 0. The van der Waals surface area contributed by atoms with Gasteiger partial charge in [0.1, 0.15) is 6.61 Å². The van der Waals surface area contributed by atoms with E-state index in [-0.39, 0.29) is 13.2 Å². The van der Waals surface area contributed by atoms with Gasteiger partial charge in [-0.2, -0.15) is 0 Å². The summed E-state index contributed by atoms with van der Waals surface area (Å²) in [5, 5.41) is 11.9. The summed E-state index contributed by atoms with van der Waals surface area (Å²) in [7, 11) is 0. The van der Waals surface area contributed by atoms with Gasteiger partial charge >= 0.3 is 0 Å². The largest absolute Gasteiger partial charge is 0.393 e. The molecule has 0 saturated carbocycles. The number of oxime groups is 1. The second kappa shape index (κ2) is 5.56. The van der Waals surface area contributed by atoms with Gasteiger partial charge in [-0.3, -0.25) is 0 Å². The van der Waals surface area contributed by atoms with E-state index in [1.807, 2.05) is 13.8 Å². The van der Waals surface area contributed by atoms with Crippen molar-refractivity contribution in [1.82, 2.24) is 0 Å². The van der Waals surface area contributed by atoms with Gasteiger partial charge in [0.2, 0.25) is 0 Å². The molecular formula is C6H13NO2. The molecule has 0 heterocycles. The third-order valence-corrected chi connectivity index (χ3v) is 0.915. The molecule has 3 heteroatoms. The summed E-state index contributed by atoms with van der Waals surface area (Å²) in [6.07, 6.45) is 0.894. The van der Waals surface area contributed by atoms with Crippen molar-refractivity contribution in [2.24, 2.45) is 5.16 Å². The van der Waals surface area contributed by atoms with Gasteiger partial charge in [0.05, 0.1) is 12.3 Å². The van der Waals surface area contributed by atoms with Crippen LogP contribution >= 0.6 is 0 Å². The highest BCUT2D eigenvalue weighted by Crippen LogP contribution is 1.84. The fraction of sp³-hybridized carbons (Fsp3) is 0.833. The lowest BCUT2D eigenvalue weighted by Crippen LogP contribution is -1.96. The van der Waals surface area contributed by atoms with Gasteiger partial charge in [-0.15, -0.1) is 0 Å². The van der Waals surface area contributed by atoms with Crippen molar-refractivity contribution < 1.29 is 9.94 Å². The Balaban J connectivity index is 3.21. The maximum Gasteiger partial charge on any atom is 0.140 e. The van der Waals surface area contributed by atoms with Gasteiger partial charge in [0, 0.05) is 0 Å². The first-order valence-electron chi connectivity index (χ1n) is 3.07. The summed E-state index contributed by atoms with van der Waals surface area (Å²) in [6, 6.07) is 0. The van der Waals surface area contributed by atoms with E-state index in [0.717, 1.165) is 12.1 Å². The fourth-order valence-corrected chi connectivity index (χ4v) is 0.261. The van der Waals surface area contributed by atoms with Crippen molar-refractivity contribution in [3.05, 3.63) is 0 Å². The van der Waals surface area contributed by atoms with Gasteiger partial charge in [-0.05, 0) is 13.3 Å². The van der Waals surface area contributed by atoms with Crippen molar-refractivity contribution in [1.29, 1.82) is 0 Å². The number of aliphatic hydroxyl groups is 1. The van der Waals surface area contributed by atoms with Crippen molar-refractivity contribution in [2.45, 2.75) is 20.3 Å². The Bertz CT molecular complexity index is 91.1. The zero-order valence-electron chi connectivity index (χ0n) is 5.92. The van der Waals surface area contributed by atoms with Crippen LogP contribution in [0, 0.1) is 0 Å². The van der Waals surface area contributed by atoms with E-state index in [0.29, 0.717) is 0 Å². The number of hydrogen-bond donors (Lipinski definition) is 1. The first-order valence-corrected chi connectivity index (χ1v) is 3.07. The summed E-state index contributed by atoms with van der Waals surface area (Å²) in [6.45, 7) is 4.20. The second-order valence-corrected chi connectivity index (χ2v) is 1.74. The molecule has 0 atom stereocenters. The van der Waals surface area contributed by atoms with Gasteiger partial charge in [-0.25, -0.2) is 0 Å². The molecule has 9 heavy (non-hydrogen) atoms. The van der Waals surface area contributed by atoms with Crippen LogP contribution in [-0.2, 0) is 4.84 Å². The average molecular weight is 131 g/mol. The van der Waals surface area contributed by atoms with Crippen molar-refractivity contribution >= 4 is 5.71 Å². The van der Waals surface area contributed by atoms with Crippen LogP contribution in [0.25, 0.3) is 0 Å². The predicted octanol–water partition coefficient (Wildman–Crippen LogP) is 0.781. The van der Waals surface area contributed by atoms with E-state index >= 15 is 0 Å². The number of nitrogens with zero attached hydrogens (tertiary/aromatic N) is 1. The third-order valence-electron chi connectivity index (χ3n) is 0.915. The van der Waals surface area contributed by atoms with Crippen LogP contribution in [-0.4, -0.2) is 24.0 Å². The Hall–Kier alpha value is -0.570. The highest BCUT2D eigenvalue weighted by Gasteiger charge is 1.84. The fourth-order valence-electron chi connectivity index (χ4n) is 0.261. The Morgan fingerprint density at radius 3 is 2.78 bits per heavy atom. The number of aliphatic hydroxyl groups excluding tert-OH is 1. The smallest absolute Gasteiger partial charge is 0.140 e. The van der Waals surface area contributed by atoms with E-state index in [4.69, 9.17) is 5.11 Å². The third kappa shape index (κ3) is 5.30. The lowest BCUT2D eigenvalue weighted by atomic mass is 10.3. The molecule has 0 bridgehead atoms. The first kappa shape index (κ1) is 8.43. The molecule has 3 nitrogen and oxygen atoms in total. The van der Waals surface area contributed by atoms with Crippen LogP contribution in [0.15, 0.2) is 5.16 Å². The molecule has 0 saturated heterocycles. The van der Waals surface area contributed by atoms with E-state index in [1.165, 1.54) is 0 Å². The van der Waals surface area contributed by atoms with E-state index in [2.05, 4.69) is 9.99 Å². The summed E-state index contributed by atoms with van der Waals surface area (Å²) < 4.78 is 0. The molecule has 0 amide bonds. The van der Waals surface area contributed by atoms with Crippen LogP contribution in [0.4, 0.5) is 0 Å². The maximum absolute atomic E-state index is 8.26. The highest BCUT2D eigenvalue weighted by atomic mass is 16.6. The number of rotatable bonds is 4. The van der Waals surface area contributed by atoms with Crippen LogP contribution in [0.2, 0.25) is 0 Å². The van der Waals surface area contributed by atoms with E-state index in [1.54, 1.807) is 0 Å². The molecule has 54 valence electrons. The molecular weight excluding hydrogens is 118 g/mol. The summed E-state index contributed by atoms with van der Waals surface area (Å²) in [5.74, 6) is 0. The maximum atomic E-state index is 8.26. The van der Waals surface area contributed by atoms with Crippen LogP contribution in [0.3, 0.4) is 0 Å². The molecule has 0 aromatic heterocycles. The Morgan fingerprint density at radius 2 is 2.33 bits per heavy atom. The highest BCUT2D eigenvalue weighted by molar-refractivity contribution is 5.80. The molecule has 1 N–H and O–H groups in total. The molecule has 0 spiro atoms. The van der Waals surface area contributed by atoms with Gasteiger partial charge in [0.25, 0.3) is 0 Å². The number of hydrogen-bond acceptors (Lipinski definition) is 3. The van der Waals surface area contributed by atoms with Gasteiger partial charge in [-0.1, -0.05) is 12.1 Å². The zero-order chi connectivity index (χ0) is 7.11. The molecule has 0 aliphatic rings. The lowest BCUT2D eigenvalue weighted by molar-refractivity contribution is 0.0981.